The van der Waals surface area contributed by atoms with E-state index in [9.17, 15) is 4.79 Å². The maximum Gasteiger partial charge on any atom is 0.230 e. The van der Waals surface area contributed by atoms with Gasteiger partial charge in [0.05, 0.1) is 21.8 Å². The molecule has 3 heterocycles. The summed E-state index contributed by atoms with van der Waals surface area (Å²) in [5.41, 5.74) is 3.78. The SMILES string of the molecule is Cc1noc(C)c1-c1cccc2nc(NC(=O)C3CCNC3)sc12. The Bertz CT molecular complexity index is 889. The second-order valence-corrected chi connectivity index (χ2v) is 7.05. The summed E-state index contributed by atoms with van der Waals surface area (Å²) in [7, 11) is 0. The zero-order valence-corrected chi connectivity index (χ0v) is 14.4. The summed E-state index contributed by atoms with van der Waals surface area (Å²) >= 11 is 1.49. The number of fused-ring (bicyclic) bond motifs is 1. The second kappa shape index (κ2) is 5.99. The first-order chi connectivity index (χ1) is 11.6. The van der Waals surface area contributed by atoms with Gasteiger partial charge in [0, 0.05) is 17.7 Å². The molecule has 7 heteroatoms. The maximum absolute atomic E-state index is 12.3. The van der Waals surface area contributed by atoms with Gasteiger partial charge in [-0.05, 0) is 32.9 Å². The molecule has 6 nitrogen and oxygen atoms in total. The summed E-state index contributed by atoms with van der Waals surface area (Å²) in [4.78, 5) is 16.9. The summed E-state index contributed by atoms with van der Waals surface area (Å²) in [5.74, 6) is 0.855. The van der Waals surface area contributed by atoms with E-state index < -0.39 is 0 Å². The molecule has 2 aromatic heterocycles. The monoisotopic (exact) mass is 342 g/mol. The van der Waals surface area contributed by atoms with Crippen molar-refractivity contribution in [3.63, 3.8) is 0 Å². The van der Waals surface area contributed by atoms with Crippen molar-refractivity contribution in [3.05, 3.63) is 29.7 Å². The highest BCUT2D eigenvalue weighted by Gasteiger charge is 2.24. The summed E-state index contributed by atoms with van der Waals surface area (Å²) in [5, 5.41) is 10.9. The van der Waals surface area contributed by atoms with Gasteiger partial charge in [0.25, 0.3) is 0 Å². The van der Waals surface area contributed by atoms with Crippen LogP contribution in [0.4, 0.5) is 5.13 Å². The molecule has 24 heavy (non-hydrogen) atoms. The van der Waals surface area contributed by atoms with E-state index in [4.69, 9.17) is 4.52 Å². The minimum Gasteiger partial charge on any atom is -0.361 e. The third-order valence-electron chi connectivity index (χ3n) is 4.38. The smallest absolute Gasteiger partial charge is 0.230 e. The zero-order chi connectivity index (χ0) is 16.7. The fourth-order valence-corrected chi connectivity index (χ4v) is 4.14. The van der Waals surface area contributed by atoms with Crippen LogP contribution in [0.15, 0.2) is 22.7 Å². The van der Waals surface area contributed by atoms with Crippen LogP contribution in [-0.2, 0) is 4.79 Å². The Morgan fingerprint density at radius 3 is 3.00 bits per heavy atom. The minimum atomic E-state index is 0.0269. The van der Waals surface area contributed by atoms with Crippen molar-refractivity contribution in [1.29, 1.82) is 0 Å². The molecule has 1 aromatic carbocycles. The molecular formula is C17H18N4O2S. The third kappa shape index (κ3) is 2.59. The van der Waals surface area contributed by atoms with Gasteiger partial charge < -0.3 is 15.2 Å². The van der Waals surface area contributed by atoms with Gasteiger partial charge in [-0.3, -0.25) is 4.79 Å². The Morgan fingerprint density at radius 1 is 1.42 bits per heavy atom. The van der Waals surface area contributed by atoms with Crippen LogP contribution in [0.3, 0.4) is 0 Å². The normalized spacial score (nSPS) is 17.5. The van der Waals surface area contributed by atoms with Gasteiger partial charge >= 0.3 is 0 Å². The number of hydrogen-bond donors (Lipinski definition) is 2. The predicted octanol–water partition coefficient (Wildman–Crippen LogP) is 3.12. The lowest BCUT2D eigenvalue weighted by atomic mass is 10.0. The summed E-state index contributed by atoms with van der Waals surface area (Å²) in [6, 6.07) is 5.97. The molecule has 124 valence electrons. The number of aryl methyl sites for hydroxylation is 2. The fourth-order valence-electron chi connectivity index (χ4n) is 3.15. The quantitative estimate of drug-likeness (QED) is 0.764. The Labute approximate surface area is 143 Å². The van der Waals surface area contributed by atoms with Crippen molar-refractivity contribution in [2.75, 3.05) is 18.4 Å². The number of aromatic nitrogens is 2. The Morgan fingerprint density at radius 2 is 2.29 bits per heavy atom. The molecular weight excluding hydrogens is 324 g/mol. The number of amides is 1. The van der Waals surface area contributed by atoms with Crippen LogP contribution in [0.25, 0.3) is 21.3 Å². The average Bonchev–Trinajstić information content (AvgIpc) is 3.27. The van der Waals surface area contributed by atoms with E-state index in [1.807, 2.05) is 32.0 Å². The number of thiazole rings is 1. The van der Waals surface area contributed by atoms with Crippen LogP contribution in [0.2, 0.25) is 0 Å². The molecule has 1 atom stereocenters. The van der Waals surface area contributed by atoms with E-state index >= 15 is 0 Å². The van der Waals surface area contributed by atoms with Gasteiger partial charge in [0.2, 0.25) is 5.91 Å². The number of benzene rings is 1. The molecule has 0 radical (unpaired) electrons. The molecule has 3 aromatic rings. The number of hydrogen-bond acceptors (Lipinski definition) is 6. The number of nitrogens with one attached hydrogen (secondary N) is 2. The average molecular weight is 342 g/mol. The van der Waals surface area contributed by atoms with Gasteiger partial charge in [-0.1, -0.05) is 28.6 Å². The molecule has 2 N–H and O–H groups in total. The highest BCUT2D eigenvalue weighted by molar-refractivity contribution is 7.22. The topological polar surface area (TPSA) is 80.1 Å². The number of carbonyl (C=O) groups excluding carboxylic acids is 1. The van der Waals surface area contributed by atoms with Crippen molar-refractivity contribution in [3.8, 4) is 11.1 Å². The predicted molar refractivity (Wildman–Crippen MR) is 94.2 cm³/mol. The third-order valence-corrected chi connectivity index (χ3v) is 5.40. The van der Waals surface area contributed by atoms with Crippen LogP contribution in [0.5, 0.6) is 0 Å². The molecule has 0 bridgehead atoms. The van der Waals surface area contributed by atoms with Gasteiger partial charge in [-0.15, -0.1) is 0 Å². The molecule has 1 fully saturated rings. The highest BCUT2D eigenvalue weighted by Crippen LogP contribution is 2.37. The first-order valence-corrected chi connectivity index (χ1v) is 8.79. The first kappa shape index (κ1) is 15.3. The van der Waals surface area contributed by atoms with E-state index in [1.54, 1.807) is 0 Å². The van der Waals surface area contributed by atoms with Crippen LogP contribution >= 0.6 is 11.3 Å². The molecule has 1 aliphatic heterocycles. The lowest BCUT2D eigenvalue weighted by molar-refractivity contribution is -0.119. The molecule has 0 aliphatic carbocycles. The van der Waals surface area contributed by atoms with Crippen molar-refractivity contribution in [2.24, 2.45) is 5.92 Å². The highest BCUT2D eigenvalue weighted by atomic mass is 32.1. The molecule has 0 saturated carbocycles. The molecule has 1 saturated heterocycles. The van der Waals surface area contributed by atoms with Gasteiger partial charge in [-0.2, -0.15) is 0 Å². The molecule has 0 spiro atoms. The molecule has 1 amide bonds. The lowest BCUT2D eigenvalue weighted by Crippen LogP contribution is -2.24. The van der Waals surface area contributed by atoms with Gasteiger partial charge in [0.1, 0.15) is 5.76 Å². The van der Waals surface area contributed by atoms with Crippen LogP contribution in [0.1, 0.15) is 17.9 Å². The van der Waals surface area contributed by atoms with Crippen LogP contribution < -0.4 is 10.6 Å². The Hall–Kier alpha value is -2.25. The second-order valence-electron chi connectivity index (χ2n) is 6.05. The fraction of sp³-hybridized carbons (Fsp3) is 0.353. The summed E-state index contributed by atoms with van der Waals surface area (Å²) in [6.45, 7) is 5.47. The maximum atomic E-state index is 12.3. The van der Waals surface area contributed by atoms with E-state index in [-0.39, 0.29) is 11.8 Å². The zero-order valence-electron chi connectivity index (χ0n) is 13.5. The van der Waals surface area contributed by atoms with E-state index in [0.29, 0.717) is 5.13 Å². The van der Waals surface area contributed by atoms with E-state index in [0.717, 1.165) is 52.3 Å². The van der Waals surface area contributed by atoms with Crippen molar-refractivity contribution < 1.29 is 9.32 Å². The Kier molecular flexibility index (Phi) is 3.82. The van der Waals surface area contributed by atoms with Crippen LogP contribution in [-0.4, -0.2) is 29.1 Å². The largest absolute Gasteiger partial charge is 0.361 e. The van der Waals surface area contributed by atoms with Crippen molar-refractivity contribution >= 4 is 32.6 Å². The summed E-state index contributed by atoms with van der Waals surface area (Å²) in [6.07, 6.45) is 0.876. The van der Waals surface area contributed by atoms with Gasteiger partial charge in [0.15, 0.2) is 5.13 Å². The summed E-state index contributed by atoms with van der Waals surface area (Å²) < 4.78 is 6.33. The molecule has 1 aliphatic rings. The molecule has 1 unspecified atom stereocenters. The van der Waals surface area contributed by atoms with Gasteiger partial charge in [-0.25, -0.2) is 4.98 Å². The number of anilines is 1. The molecule has 4 rings (SSSR count). The van der Waals surface area contributed by atoms with Crippen LogP contribution in [0, 0.1) is 19.8 Å². The van der Waals surface area contributed by atoms with E-state index in [1.165, 1.54) is 11.3 Å². The number of nitrogens with zero attached hydrogens (tertiary/aromatic N) is 2. The lowest BCUT2D eigenvalue weighted by Gasteiger charge is -2.06. The number of rotatable bonds is 3. The van der Waals surface area contributed by atoms with Crippen molar-refractivity contribution in [2.45, 2.75) is 20.3 Å². The minimum absolute atomic E-state index is 0.0269. The first-order valence-electron chi connectivity index (χ1n) is 7.98. The van der Waals surface area contributed by atoms with Crippen molar-refractivity contribution in [1.82, 2.24) is 15.5 Å². The standard InChI is InChI=1S/C17H18N4O2S/c1-9-14(10(2)23-21-9)12-4-3-5-13-15(12)24-17(19-13)20-16(22)11-6-7-18-8-11/h3-5,11,18H,6-8H2,1-2H3,(H,19,20,22). The Balaban J connectivity index is 1.71. The van der Waals surface area contributed by atoms with E-state index in [2.05, 4.69) is 20.8 Å². The number of carbonyl (C=O) groups is 1.